The minimum atomic E-state index is -0.0883. The van der Waals surface area contributed by atoms with Crippen molar-refractivity contribution in [3.05, 3.63) is 22.4 Å². The number of ether oxygens (including phenoxy) is 1. The first-order chi connectivity index (χ1) is 7.80. The Balaban J connectivity index is 2.04. The summed E-state index contributed by atoms with van der Waals surface area (Å²) in [5, 5.41) is 5.85. The van der Waals surface area contributed by atoms with Crippen LogP contribution < -0.4 is 5.32 Å². The molecule has 1 fully saturated rings. The summed E-state index contributed by atoms with van der Waals surface area (Å²) >= 11 is 1.81. The Morgan fingerprint density at radius 2 is 2.12 bits per heavy atom. The molecule has 3 heteroatoms. The second-order valence-electron chi connectivity index (χ2n) is 6.13. The molecule has 2 heterocycles. The maximum absolute atomic E-state index is 6.11. The molecule has 17 heavy (non-hydrogen) atoms. The molecule has 96 valence electrons. The van der Waals surface area contributed by atoms with Crippen molar-refractivity contribution in [3.63, 3.8) is 0 Å². The SMILES string of the molecule is C[C@@H](NC1CC(C)(C)OC1(C)C)c1cccs1. The summed E-state index contributed by atoms with van der Waals surface area (Å²) in [6, 6.07) is 5.11. The van der Waals surface area contributed by atoms with Crippen LogP contribution in [0.2, 0.25) is 0 Å². The number of nitrogens with one attached hydrogen (secondary N) is 1. The number of hydrogen-bond donors (Lipinski definition) is 1. The highest BCUT2D eigenvalue weighted by molar-refractivity contribution is 7.10. The predicted octanol–water partition coefficient (Wildman–Crippen LogP) is 3.74. The maximum Gasteiger partial charge on any atom is 0.0787 e. The minimum Gasteiger partial charge on any atom is -0.368 e. The predicted molar refractivity (Wildman–Crippen MR) is 73.5 cm³/mol. The van der Waals surface area contributed by atoms with E-state index in [2.05, 4.69) is 57.4 Å². The first-order valence-electron chi connectivity index (χ1n) is 6.30. The third kappa shape index (κ3) is 2.90. The Morgan fingerprint density at radius 3 is 2.59 bits per heavy atom. The van der Waals surface area contributed by atoms with Crippen molar-refractivity contribution in [1.29, 1.82) is 0 Å². The van der Waals surface area contributed by atoms with Crippen molar-refractivity contribution in [1.82, 2.24) is 5.32 Å². The van der Waals surface area contributed by atoms with E-state index in [-0.39, 0.29) is 11.2 Å². The van der Waals surface area contributed by atoms with E-state index < -0.39 is 0 Å². The lowest BCUT2D eigenvalue weighted by Gasteiger charge is -2.29. The van der Waals surface area contributed by atoms with Crippen LogP contribution in [0, 0.1) is 0 Å². The van der Waals surface area contributed by atoms with Crippen LogP contribution in [0.5, 0.6) is 0 Å². The average Bonchev–Trinajstić information content (AvgIpc) is 2.72. The van der Waals surface area contributed by atoms with Gasteiger partial charge in [-0.15, -0.1) is 11.3 Å². The Morgan fingerprint density at radius 1 is 1.41 bits per heavy atom. The smallest absolute Gasteiger partial charge is 0.0787 e. The first kappa shape index (κ1) is 13.1. The molecule has 2 nitrogen and oxygen atoms in total. The lowest BCUT2D eigenvalue weighted by molar-refractivity contribution is -0.0703. The van der Waals surface area contributed by atoms with Gasteiger partial charge in [-0.2, -0.15) is 0 Å². The fraction of sp³-hybridized carbons (Fsp3) is 0.714. The molecule has 0 aromatic carbocycles. The maximum atomic E-state index is 6.11. The van der Waals surface area contributed by atoms with Gasteiger partial charge in [-0.1, -0.05) is 6.07 Å². The third-order valence-corrected chi connectivity index (χ3v) is 4.55. The van der Waals surface area contributed by atoms with E-state index in [1.807, 2.05) is 11.3 Å². The van der Waals surface area contributed by atoms with Gasteiger partial charge in [0.15, 0.2) is 0 Å². The summed E-state index contributed by atoms with van der Waals surface area (Å²) < 4.78 is 6.11. The summed E-state index contributed by atoms with van der Waals surface area (Å²) in [6.07, 6.45) is 1.07. The molecule has 0 radical (unpaired) electrons. The zero-order valence-corrected chi connectivity index (χ0v) is 12.2. The standard InChI is InChI=1S/C14H23NOS/c1-10(11-7-6-8-17-11)15-12-9-13(2,3)16-14(12,4)5/h6-8,10,12,15H,9H2,1-5H3/t10-,12?/m1/s1. The van der Waals surface area contributed by atoms with Crippen LogP contribution in [-0.2, 0) is 4.74 Å². The second-order valence-corrected chi connectivity index (χ2v) is 7.10. The van der Waals surface area contributed by atoms with Gasteiger partial charge < -0.3 is 10.1 Å². The molecule has 1 aromatic rings. The first-order valence-corrected chi connectivity index (χ1v) is 7.18. The molecule has 0 spiro atoms. The molecule has 2 atom stereocenters. The number of hydrogen-bond acceptors (Lipinski definition) is 3. The van der Waals surface area contributed by atoms with E-state index in [0.29, 0.717) is 12.1 Å². The van der Waals surface area contributed by atoms with Gasteiger partial charge in [0.1, 0.15) is 0 Å². The van der Waals surface area contributed by atoms with E-state index in [9.17, 15) is 0 Å². The molecular formula is C14H23NOS. The van der Waals surface area contributed by atoms with Crippen molar-refractivity contribution in [2.24, 2.45) is 0 Å². The monoisotopic (exact) mass is 253 g/mol. The van der Waals surface area contributed by atoms with Gasteiger partial charge in [0.2, 0.25) is 0 Å². The zero-order chi connectivity index (χ0) is 12.7. The largest absolute Gasteiger partial charge is 0.368 e. The highest BCUT2D eigenvalue weighted by atomic mass is 32.1. The molecule has 1 aliphatic rings. The lowest BCUT2D eigenvalue weighted by atomic mass is 9.94. The van der Waals surface area contributed by atoms with E-state index in [1.54, 1.807) is 0 Å². The van der Waals surface area contributed by atoms with Crippen LogP contribution >= 0.6 is 11.3 Å². The Labute approximate surface area is 108 Å². The fourth-order valence-corrected chi connectivity index (χ4v) is 3.49. The van der Waals surface area contributed by atoms with Crippen molar-refractivity contribution >= 4 is 11.3 Å². The second kappa shape index (κ2) is 4.38. The van der Waals surface area contributed by atoms with E-state index >= 15 is 0 Å². The van der Waals surface area contributed by atoms with Gasteiger partial charge in [0.25, 0.3) is 0 Å². The normalized spacial score (nSPS) is 28.2. The molecule has 2 rings (SSSR count). The molecule has 1 unspecified atom stereocenters. The quantitative estimate of drug-likeness (QED) is 0.886. The topological polar surface area (TPSA) is 21.3 Å². The molecule has 0 saturated carbocycles. The van der Waals surface area contributed by atoms with Crippen LogP contribution in [0.1, 0.15) is 52.0 Å². The van der Waals surface area contributed by atoms with Crippen LogP contribution in [0.3, 0.4) is 0 Å². The summed E-state index contributed by atoms with van der Waals surface area (Å²) in [4.78, 5) is 1.39. The molecule has 0 bridgehead atoms. The van der Waals surface area contributed by atoms with Gasteiger partial charge in [-0.3, -0.25) is 0 Å². The number of rotatable bonds is 3. The van der Waals surface area contributed by atoms with Crippen LogP contribution in [0.25, 0.3) is 0 Å². The Hall–Kier alpha value is -0.380. The van der Waals surface area contributed by atoms with Crippen molar-refractivity contribution < 1.29 is 4.74 Å². The van der Waals surface area contributed by atoms with E-state index in [4.69, 9.17) is 4.74 Å². The van der Waals surface area contributed by atoms with Crippen molar-refractivity contribution in [3.8, 4) is 0 Å². The van der Waals surface area contributed by atoms with Gasteiger partial charge in [0.05, 0.1) is 11.2 Å². The zero-order valence-electron chi connectivity index (χ0n) is 11.4. The van der Waals surface area contributed by atoms with Crippen molar-refractivity contribution in [2.75, 3.05) is 0 Å². The molecular weight excluding hydrogens is 230 g/mol. The van der Waals surface area contributed by atoms with Crippen molar-refractivity contribution in [2.45, 2.75) is 64.3 Å². The Bertz CT molecular complexity index is 370. The van der Waals surface area contributed by atoms with Crippen LogP contribution in [-0.4, -0.2) is 17.2 Å². The molecule has 0 aliphatic carbocycles. The van der Waals surface area contributed by atoms with Crippen LogP contribution in [0.15, 0.2) is 17.5 Å². The molecule has 1 aliphatic heterocycles. The molecule has 1 N–H and O–H groups in total. The molecule has 1 saturated heterocycles. The molecule has 1 aromatic heterocycles. The third-order valence-electron chi connectivity index (χ3n) is 3.50. The molecule has 0 amide bonds. The minimum absolute atomic E-state index is 0.0175. The van der Waals surface area contributed by atoms with Crippen LogP contribution in [0.4, 0.5) is 0 Å². The van der Waals surface area contributed by atoms with E-state index in [0.717, 1.165) is 6.42 Å². The Kier molecular flexibility index (Phi) is 3.36. The highest BCUT2D eigenvalue weighted by Crippen LogP contribution is 2.38. The highest BCUT2D eigenvalue weighted by Gasteiger charge is 2.46. The van der Waals surface area contributed by atoms with E-state index in [1.165, 1.54) is 4.88 Å². The van der Waals surface area contributed by atoms with Gasteiger partial charge >= 0.3 is 0 Å². The van der Waals surface area contributed by atoms with Gasteiger partial charge in [-0.25, -0.2) is 0 Å². The lowest BCUT2D eigenvalue weighted by Crippen LogP contribution is -2.44. The van der Waals surface area contributed by atoms with Gasteiger partial charge in [-0.05, 0) is 52.5 Å². The average molecular weight is 253 g/mol. The summed E-state index contributed by atoms with van der Waals surface area (Å²) in [5.74, 6) is 0. The number of thiophene rings is 1. The van der Waals surface area contributed by atoms with Gasteiger partial charge in [0, 0.05) is 17.0 Å². The summed E-state index contributed by atoms with van der Waals surface area (Å²) in [6.45, 7) is 10.9. The summed E-state index contributed by atoms with van der Waals surface area (Å²) in [5.41, 5.74) is -0.106. The summed E-state index contributed by atoms with van der Waals surface area (Å²) in [7, 11) is 0. The fourth-order valence-electron chi connectivity index (χ4n) is 2.74.